The number of rotatable bonds is 29. The number of thioether (sulfide) groups is 1. The second kappa shape index (κ2) is 28.0. The van der Waals surface area contributed by atoms with Crippen LogP contribution in [0.1, 0.15) is 129 Å². The number of benzene rings is 1. The fraction of sp³-hybridized carbons (Fsp3) is 0.667. The molecule has 1 saturated heterocycles. The van der Waals surface area contributed by atoms with E-state index < -0.39 is 65.6 Å². The molecule has 0 radical (unpaired) electrons. The zero-order valence-corrected chi connectivity index (χ0v) is 43.8. The van der Waals surface area contributed by atoms with E-state index in [0.29, 0.717) is 50.8 Å². The number of Topliss-reactive ketones (excluding diaryl/α,β-unsaturated/α-hetero) is 1. The number of nitrogens with one attached hydrogen (secondary N) is 2. The average molecular weight is 982 g/mol. The predicted octanol–water partition coefficient (Wildman–Crippen LogP) is 5.83. The van der Waals surface area contributed by atoms with Gasteiger partial charge in [0.05, 0.1) is 49.0 Å². The first-order chi connectivity index (χ1) is 32.6. The van der Waals surface area contributed by atoms with Crippen LogP contribution in [0.2, 0.25) is 0 Å². The molecule has 1 aromatic heterocycles. The van der Waals surface area contributed by atoms with E-state index in [1.807, 2.05) is 40.0 Å². The average Bonchev–Trinajstić information content (AvgIpc) is 3.83. The number of hydrogen-bond donors (Lipinski definition) is 3. The van der Waals surface area contributed by atoms with E-state index in [1.54, 1.807) is 75.1 Å². The minimum Gasteiger partial charge on any atom is -0.480 e. The van der Waals surface area contributed by atoms with Gasteiger partial charge in [0.1, 0.15) is 28.3 Å². The van der Waals surface area contributed by atoms with E-state index in [0.717, 1.165) is 23.4 Å². The number of likely N-dealkylation sites (N-methyl/N-ethyl adjacent to an activating group) is 2. The van der Waals surface area contributed by atoms with Gasteiger partial charge in [-0.15, -0.1) is 11.8 Å². The van der Waals surface area contributed by atoms with Crippen LogP contribution in [-0.4, -0.2) is 154 Å². The number of ketones is 1. The highest BCUT2D eigenvalue weighted by Crippen LogP contribution is 2.30. The summed E-state index contributed by atoms with van der Waals surface area (Å²) in [6.45, 7) is 13.0. The first-order valence-corrected chi connectivity index (χ1v) is 25.5. The monoisotopic (exact) mass is 982 g/mol. The number of aliphatic carboxylic acids is 1. The van der Waals surface area contributed by atoms with Gasteiger partial charge in [-0.25, -0.2) is 14.8 Å². The van der Waals surface area contributed by atoms with Crippen molar-refractivity contribution < 1.29 is 48.1 Å². The summed E-state index contributed by atoms with van der Waals surface area (Å²) in [5, 5.41) is 16.3. The van der Waals surface area contributed by atoms with Gasteiger partial charge in [-0.05, 0) is 63.2 Å². The Labute approximate surface area is 414 Å². The lowest BCUT2D eigenvalue weighted by Gasteiger charge is -2.41. The van der Waals surface area contributed by atoms with Gasteiger partial charge in [-0.1, -0.05) is 84.2 Å². The van der Waals surface area contributed by atoms with Crippen LogP contribution in [0.3, 0.4) is 0 Å². The lowest BCUT2D eigenvalue weighted by Crippen LogP contribution is -2.62. The summed E-state index contributed by atoms with van der Waals surface area (Å²) < 4.78 is 11.9. The maximum atomic E-state index is 14.6. The highest BCUT2D eigenvalue weighted by Gasteiger charge is 2.44. The van der Waals surface area contributed by atoms with E-state index in [-0.39, 0.29) is 54.6 Å². The Hall–Kier alpha value is -4.94. The smallest absolute Gasteiger partial charge is 0.326 e. The summed E-state index contributed by atoms with van der Waals surface area (Å²) >= 11 is 1.45. The predicted molar refractivity (Wildman–Crippen MR) is 265 cm³/mol. The summed E-state index contributed by atoms with van der Waals surface area (Å²) in [6, 6.07) is 5.88. The number of carboxylic acids is 1. The van der Waals surface area contributed by atoms with E-state index >= 15 is 0 Å². The van der Waals surface area contributed by atoms with E-state index in [1.165, 1.54) is 37.1 Å². The number of ether oxygens (including phenoxy) is 2. The molecule has 0 saturated carbocycles. The Morgan fingerprint density at radius 2 is 1.57 bits per heavy atom. The van der Waals surface area contributed by atoms with E-state index in [4.69, 9.17) is 9.47 Å². The van der Waals surface area contributed by atoms with Crippen LogP contribution in [-0.2, 0) is 44.7 Å². The standard InChI is InChI=1S/C51H79N7O10S/c1-13-33(4)45(40(67-10)29-43(61)58-27-21-24-38(58)46(68-11)34(5)47(62)54-36(49(64)65)28-35-22-17-16-18-23-35)56(8)48(63)44(32(2)3)55-50(66)51(6,7)57(9)42(60)26-20-15-14-19-25-39(59)37-30-53-41(69-12)31-52-37/h16-18,22-23,30-34,36,38,40,44-46H,13-15,19-21,24-29H2,1-12H3,(H,54,62)(H,55,66)(H,64,65)/t33-,34+,36-,38-,40+,44-,45-,46+/m0/s1. The lowest BCUT2D eigenvalue weighted by molar-refractivity contribution is -0.150. The zero-order valence-electron chi connectivity index (χ0n) is 43.0. The van der Waals surface area contributed by atoms with Gasteiger partial charge in [0.15, 0.2) is 5.78 Å². The normalized spacial score (nSPS) is 16.9. The molecule has 0 spiro atoms. The van der Waals surface area contributed by atoms with E-state index in [9.17, 15) is 38.7 Å². The van der Waals surface area contributed by atoms with Crippen molar-refractivity contribution in [2.45, 2.75) is 166 Å². The number of carboxylic acid groups (broad SMARTS) is 1. The summed E-state index contributed by atoms with van der Waals surface area (Å²) in [5.74, 6) is -4.29. The lowest BCUT2D eigenvalue weighted by atomic mass is 9.89. The maximum Gasteiger partial charge on any atom is 0.326 e. The van der Waals surface area contributed by atoms with Crippen molar-refractivity contribution in [2.75, 3.05) is 41.1 Å². The van der Waals surface area contributed by atoms with Crippen LogP contribution < -0.4 is 10.6 Å². The molecule has 2 aromatic rings. The van der Waals surface area contributed by atoms with Gasteiger partial charge in [0.25, 0.3) is 0 Å². The number of hydrogen-bond acceptors (Lipinski definition) is 12. The Kier molecular flexibility index (Phi) is 23.7. The molecule has 17 nitrogen and oxygen atoms in total. The molecule has 1 aliphatic heterocycles. The van der Waals surface area contributed by atoms with Gasteiger partial charge in [0.2, 0.25) is 29.5 Å². The third-order valence-electron chi connectivity index (χ3n) is 13.8. The van der Waals surface area contributed by atoms with Crippen molar-refractivity contribution in [3.05, 3.63) is 54.0 Å². The van der Waals surface area contributed by atoms with Gasteiger partial charge in [-0.2, -0.15) is 0 Å². The number of methoxy groups -OCH3 is 2. The third-order valence-corrected chi connectivity index (χ3v) is 14.4. The summed E-state index contributed by atoms with van der Waals surface area (Å²) in [5.41, 5.74) is -0.192. The molecule has 384 valence electrons. The van der Waals surface area contributed by atoms with Gasteiger partial charge in [0, 0.05) is 54.1 Å². The minimum absolute atomic E-state index is 0.0683. The van der Waals surface area contributed by atoms with Crippen LogP contribution in [0.25, 0.3) is 0 Å². The summed E-state index contributed by atoms with van der Waals surface area (Å²) in [6.07, 6.45) is 8.71. The molecule has 8 atom stereocenters. The molecule has 2 heterocycles. The highest BCUT2D eigenvalue weighted by molar-refractivity contribution is 7.98. The highest BCUT2D eigenvalue weighted by atomic mass is 32.2. The molecule has 3 N–H and O–H groups in total. The number of carbonyl (C=O) groups is 7. The van der Waals surface area contributed by atoms with Crippen molar-refractivity contribution in [3.8, 4) is 0 Å². The molecule has 3 rings (SSSR count). The van der Waals surface area contributed by atoms with Crippen LogP contribution >= 0.6 is 11.8 Å². The molecule has 18 heteroatoms. The second-order valence-corrected chi connectivity index (χ2v) is 20.0. The molecule has 1 aliphatic rings. The van der Waals surface area contributed by atoms with Crippen molar-refractivity contribution in [1.29, 1.82) is 0 Å². The number of aromatic nitrogens is 2. The minimum atomic E-state index is -1.30. The van der Waals surface area contributed by atoms with Crippen LogP contribution in [0.5, 0.6) is 0 Å². The Bertz CT molecular complexity index is 2010. The number of carbonyl (C=O) groups excluding carboxylic acids is 6. The first kappa shape index (κ1) is 58.4. The first-order valence-electron chi connectivity index (χ1n) is 24.3. The number of nitrogens with zero attached hydrogens (tertiary/aromatic N) is 5. The SMILES string of the molecule is CC[C@H](C)[C@@H]([C@@H](CC(=O)N1CCC[C@H]1[C@H](OC)[C@@H](C)C(=O)N[C@@H](Cc1ccccc1)C(=O)O)OC)N(C)C(=O)[C@@H](NC(=O)C(C)(C)N(C)C(=O)CCCCCCC(=O)c1cnc(SC)cn1)C(C)C. The fourth-order valence-corrected chi connectivity index (χ4v) is 9.27. The zero-order chi connectivity index (χ0) is 51.6. The molecule has 5 amide bonds. The van der Waals surface area contributed by atoms with Crippen LogP contribution in [0.4, 0.5) is 0 Å². The molecule has 1 fully saturated rings. The molecule has 0 unspecified atom stereocenters. The van der Waals surface area contributed by atoms with Gasteiger partial charge < -0.3 is 39.9 Å². The van der Waals surface area contributed by atoms with Gasteiger partial charge in [-0.3, -0.25) is 28.8 Å². The molecular weight excluding hydrogens is 903 g/mol. The summed E-state index contributed by atoms with van der Waals surface area (Å²) in [4.78, 5) is 108. The summed E-state index contributed by atoms with van der Waals surface area (Å²) in [7, 11) is 6.23. The van der Waals surface area contributed by atoms with Crippen molar-refractivity contribution >= 4 is 53.1 Å². The van der Waals surface area contributed by atoms with Crippen molar-refractivity contribution in [3.63, 3.8) is 0 Å². The number of unbranched alkanes of at least 4 members (excludes halogenated alkanes) is 3. The second-order valence-electron chi connectivity index (χ2n) is 19.2. The quantitative estimate of drug-likeness (QED) is 0.0497. The maximum absolute atomic E-state index is 14.6. The number of likely N-dealkylation sites (tertiary alicyclic amines) is 1. The Morgan fingerprint density at radius 1 is 0.913 bits per heavy atom. The third kappa shape index (κ3) is 16.3. The van der Waals surface area contributed by atoms with E-state index in [2.05, 4.69) is 20.6 Å². The number of amides is 5. The van der Waals surface area contributed by atoms with Gasteiger partial charge >= 0.3 is 5.97 Å². The molecular formula is C51H79N7O10S. The largest absolute Gasteiger partial charge is 0.480 e. The Morgan fingerprint density at radius 3 is 2.12 bits per heavy atom. The molecule has 1 aromatic carbocycles. The van der Waals surface area contributed by atoms with Crippen LogP contribution in [0, 0.1) is 17.8 Å². The Balaban J connectivity index is 1.65. The molecule has 0 bridgehead atoms. The van der Waals surface area contributed by atoms with Crippen molar-refractivity contribution in [2.24, 2.45) is 17.8 Å². The molecule has 69 heavy (non-hydrogen) atoms. The fourth-order valence-electron chi connectivity index (χ4n) is 8.95. The molecule has 0 aliphatic carbocycles. The van der Waals surface area contributed by atoms with Crippen LogP contribution in [0.15, 0.2) is 47.8 Å². The van der Waals surface area contributed by atoms with Crippen molar-refractivity contribution in [1.82, 2.24) is 35.3 Å². The topological polar surface area (TPSA) is 218 Å².